The van der Waals surface area contributed by atoms with Gasteiger partial charge >= 0.3 is 0 Å². The van der Waals surface area contributed by atoms with E-state index < -0.39 is 0 Å². The number of aryl methyl sites for hydroxylation is 1. The van der Waals surface area contributed by atoms with Crippen LogP contribution in [0.4, 0.5) is 0 Å². The highest BCUT2D eigenvalue weighted by Crippen LogP contribution is 2.24. The second-order valence-electron chi connectivity index (χ2n) is 8.63. The number of aromatic nitrogens is 3. The van der Waals surface area contributed by atoms with Crippen LogP contribution in [0.1, 0.15) is 38.9 Å². The van der Waals surface area contributed by atoms with Crippen molar-refractivity contribution >= 4 is 5.91 Å². The average Bonchev–Trinajstić information content (AvgIpc) is 3.12. The van der Waals surface area contributed by atoms with E-state index in [9.17, 15) is 4.79 Å². The van der Waals surface area contributed by atoms with Gasteiger partial charge in [-0.05, 0) is 38.3 Å². The normalized spacial score (nSPS) is 20.9. The molecule has 0 saturated carbocycles. The predicted octanol–water partition coefficient (Wildman–Crippen LogP) is 2.74. The highest BCUT2D eigenvalue weighted by Gasteiger charge is 2.29. The summed E-state index contributed by atoms with van der Waals surface area (Å²) in [6, 6.07) is 10.3. The summed E-state index contributed by atoms with van der Waals surface area (Å²) in [4.78, 5) is 15.3. The van der Waals surface area contributed by atoms with Crippen molar-refractivity contribution in [2.75, 3.05) is 19.6 Å². The van der Waals surface area contributed by atoms with Gasteiger partial charge in [0.1, 0.15) is 5.82 Å². The second-order valence-corrected chi connectivity index (χ2v) is 8.63. The lowest BCUT2D eigenvalue weighted by Gasteiger charge is -2.33. The number of hydrogen-bond acceptors (Lipinski definition) is 4. The number of piperidine rings is 1. The number of rotatable bonds is 5. The second kappa shape index (κ2) is 8.43. The van der Waals surface area contributed by atoms with Crippen molar-refractivity contribution in [3.8, 4) is 11.4 Å². The minimum atomic E-state index is 0.152. The molecule has 1 aromatic carbocycles. The Balaban J connectivity index is 1.35. The summed E-state index contributed by atoms with van der Waals surface area (Å²) in [6.07, 6.45) is 3.74. The number of carbonyl (C=O) groups is 1. The third-order valence-corrected chi connectivity index (χ3v) is 5.91. The molecule has 0 spiro atoms. The molecule has 0 aliphatic carbocycles. The number of nitrogens with zero attached hydrogens (tertiary/aromatic N) is 4. The number of carbonyl (C=O) groups excluding carboxylic acids is 1. The lowest BCUT2D eigenvalue weighted by molar-refractivity contribution is -0.127. The summed E-state index contributed by atoms with van der Waals surface area (Å²) in [5, 5.41) is 12.1. The quantitative estimate of drug-likeness (QED) is 0.865. The van der Waals surface area contributed by atoms with Crippen molar-refractivity contribution in [1.29, 1.82) is 0 Å². The molecule has 6 heteroatoms. The zero-order valence-corrected chi connectivity index (χ0v) is 17.0. The monoisotopic (exact) mass is 381 g/mol. The van der Waals surface area contributed by atoms with Gasteiger partial charge in [-0.3, -0.25) is 4.79 Å². The third kappa shape index (κ3) is 4.27. The van der Waals surface area contributed by atoms with Crippen molar-refractivity contribution in [2.45, 2.75) is 52.1 Å². The van der Waals surface area contributed by atoms with Crippen molar-refractivity contribution in [2.24, 2.45) is 11.8 Å². The van der Waals surface area contributed by atoms with Crippen molar-refractivity contribution < 1.29 is 4.79 Å². The lowest BCUT2D eigenvalue weighted by atomic mass is 9.94. The molecule has 1 fully saturated rings. The molecule has 1 amide bonds. The summed E-state index contributed by atoms with van der Waals surface area (Å²) >= 11 is 0. The van der Waals surface area contributed by atoms with Gasteiger partial charge in [-0.1, -0.05) is 44.2 Å². The Hall–Kier alpha value is -2.21. The number of hydrogen-bond donors (Lipinski definition) is 1. The van der Waals surface area contributed by atoms with E-state index in [4.69, 9.17) is 0 Å². The van der Waals surface area contributed by atoms with Crippen molar-refractivity contribution in [1.82, 2.24) is 25.0 Å². The van der Waals surface area contributed by atoms with E-state index in [1.165, 1.54) is 0 Å². The molecular formula is C22H31N5O. The van der Waals surface area contributed by atoms with Gasteiger partial charge in [-0.15, -0.1) is 10.2 Å². The number of amides is 1. The third-order valence-electron chi connectivity index (χ3n) is 5.91. The maximum Gasteiger partial charge on any atom is 0.223 e. The minimum absolute atomic E-state index is 0.152. The molecule has 1 unspecified atom stereocenters. The van der Waals surface area contributed by atoms with Gasteiger partial charge in [-0.2, -0.15) is 0 Å². The van der Waals surface area contributed by atoms with Gasteiger partial charge in [0, 0.05) is 37.0 Å². The molecular weight excluding hydrogens is 350 g/mol. The fourth-order valence-corrected chi connectivity index (χ4v) is 4.46. The summed E-state index contributed by atoms with van der Waals surface area (Å²) in [7, 11) is 0. The van der Waals surface area contributed by atoms with E-state index in [2.05, 4.69) is 51.0 Å². The molecule has 28 heavy (non-hydrogen) atoms. The zero-order valence-electron chi connectivity index (χ0n) is 17.0. The molecule has 1 N–H and O–H groups in total. The SMILES string of the molecule is CC(C)CN1CCC(C(=O)NC2CCc3nnc(-c4ccccc4)n3C2)CC1. The number of likely N-dealkylation sites (tertiary alicyclic amines) is 1. The predicted molar refractivity (Wildman–Crippen MR) is 110 cm³/mol. The first kappa shape index (κ1) is 19.1. The average molecular weight is 382 g/mol. The van der Waals surface area contributed by atoms with Gasteiger partial charge in [0.15, 0.2) is 5.82 Å². The van der Waals surface area contributed by atoms with E-state index in [0.717, 1.165) is 69.1 Å². The van der Waals surface area contributed by atoms with Crippen LogP contribution >= 0.6 is 0 Å². The van der Waals surface area contributed by atoms with Crippen LogP contribution in [-0.4, -0.2) is 51.2 Å². The van der Waals surface area contributed by atoms with Crippen molar-refractivity contribution in [3.05, 3.63) is 36.2 Å². The van der Waals surface area contributed by atoms with Gasteiger partial charge < -0.3 is 14.8 Å². The Bertz CT molecular complexity index is 793. The first-order valence-corrected chi connectivity index (χ1v) is 10.6. The van der Waals surface area contributed by atoms with E-state index >= 15 is 0 Å². The van der Waals surface area contributed by atoms with E-state index in [0.29, 0.717) is 5.92 Å². The molecule has 0 bridgehead atoms. The lowest BCUT2D eigenvalue weighted by Crippen LogP contribution is -2.47. The topological polar surface area (TPSA) is 63.1 Å². The maximum atomic E-state index is 12.8. The van der Waals surface area contributed by atoms with Crippen LogP contribution in [0.15, 0.2) is 30.3 Å². The van der Waals surface area contributed by atoms with Crippen LogP contribution in [0.2, 0.25) is 0 Å². The fraction of sp³-hybridized carbons (Fsp3) is 0.591. The first-order valence-electron chi connectivity index (χ1n) is 10.6. The highest BCUT2D eigenvalue weighted by atomic mass is 16.2. The summed E-state index contributed by atoms with van der Waals surface area (Å²) in [6.45, 7) is 8.47. The van der Waals surface area contributed by atoms with Crippen LogP contribution in [0.25, 0.3) is 11.4 Å². The van der Waals surface area contributed by atoms with Crippen molar-refractivity contribution in [3.63, 3.8) is 0 Å². The first-order chi connectivity index (χ1) is 13.6. The Kier molecular flexibility index (Phi) is 5.76. The van der Waals surface area contributed by atoms with E-state index in [1.54, 1.807) is 0 Å². The van der Waals surface area contributed by atoms with Crippen LogP contribution < -0.4 is 5.32 Å². The molecule has 1 saturated heterocycles. The molecule has 1 aromatic heterocycles. The van der Waals surface area contributed by atoms with Crippen LogP contribution in [0.5, 0.6) is 0 Å². The number of nitrogens with one attached hydrogen (secondary N) is 1. The molecule has 3 heterocycles. The molecule has 1 atom stereocenters. The highest BCUT2D eigenvalue weighted by molar-refractivity contribution is 5.79. The Morgan fingerprint density at radius 2 is 1.89 bits per heavy atom. The van der Waals surface area contributed by atoms with Crippen LogP contribution in [0.3, 0.4) is 0 Å². The minimum Gasteiger partial charge on any atom is -0.351 e. The summed E-state index contributed by atoms with van der Waals surface area (Å²) in [5.74, 6) is 2.98. The molecule has 2 aromatic rings. The van der Waals surface area contributed by atoms with E-state index in [-0.39, 0.29) is 17.9 Å². The standard InChI is InChI=1S/C22H31N5O/c1-16(2)14-26-12-10-18(11-13-26)22(28)23-19-8-9-20-24-25-21(27(20)15-19)17-6-4-3-5-7-17/h3-7,16,18-19H,8-15H2,1-2H3,(H,23,28). The van der Waals surface area contributed by atoms with Gasteiger partial charge in [0.25, 0.3) is 0 Å². The summed E-state index contributed by atoms with van der Waals surface area (Å²) < 4.78 is 2.18. The van der Waals surface area contributed by atoms with Gasteiger partial charge in [-0.25, -0.2) is 0 Å². The zero-order chi connectivity index (χ0) is 19.5. The molecule has 150 valence electrons. The number of benzene rings is 1. The molecule has 0 radical (unpaired) electrons. The molecule has 2 aliphatic heterocycles. The Labute approximate surface area is 167 Å². The van der Waals surface area contributed by atoms with Crippen LogP contribution in [-0.2, 0) is 17.8 Å². The summed E-state index contributed by atoms with van der Waals surface area (Å²) in [5.41, 5.74) is 1.07. The Morgan fingerprint density at radius 1 is 1.14 bits per heavy atom. The maximum absolute atomic E-state index is 12.8. The van der Waals surface area contributed by atoms with Crippen LogP contribution in [0, 0.1) is 11.8 Å². The smallest absolute Gasteiger partial charge is 0.223 e. The number of fused-ring (bicyclic) bond motifs is 1. The van der Waals surface area contributed by atoms with Gasteiger partial charge in [0.2, 0.25) is 5.91 Å². The Morgan fingerprint density at radius 3 is 2.61 bits per heavy atom. The molecule has 2 aliphatic rings. The molecule has 4 rings (SSSR count). The fourth-order valence-electron chi connectivity index (χ4n) is 4.46. The largest absolute Gasteiger partial charge is 0.351 e. The van der Waals surface area contributed by atoms with E-state index in [1.807, 2.05) is 18.2 Å². The van der Waals surface area contributed by atoms with Gasteiger partial charge in [0.05, 0.1) is 0 Å². The molecule has 6 nitrogen and oxygen atoms in total.